The van der Waals surface area contributed by atoms with Gasteiger partial charge in [0.05, 0.1) is 11.3 Å². The van der Waals surface area contributed by atoms with Crippen molar-refractivity contribution in [3.63, 3.8) is 0 Å². The zero-order chi connectivity index (χ0) is 25.3. The Morgan fingerprint density at radius 1 is 0.914 bits per heavy atom. The van der Waals surface area contributed by atoms with E-state index in [-0.39, 0.29) is 28.7 Å². The van der Waals surface area contributed by atoms with Gasteiger partial charge in [-0.05, 0) is 49.8 Å². The third kappa shape index (κ3) is 5.42. The van der Waals surface area contributed by atoms with Gasteiger partial charge < -0.3 is 0 Å². The number of ketones is 2. The topological polar surface area (TPSA) is 47.0 Å². The summed E-state index contributed by atoms with van der Waals surface area (Å²) in [6, 6.07) is 13.6. The number of nitrogens with zero attached hydrogens (tertiary/aromatic N) is 1. The summed E-state index contributed by atoms with van der Waals surface area (Å²) in [6.07, 6.45) is 4.46. The van der Waals surface area contributed by atoms with Gasteiger partial charge in [-0.1, -0.05) is 75.6 Å². The van der Waals surface area contributed by atoms with Crippen LogP contribution in [0.3, 0.4) is 0 Å². The van der Waals surface area contributed by atoms with Crippen LogP contribution in [0.4, 0.5) is 4.39 Å². The van der Waals surface area contributed by atoms with Crippen molar-refractivity contribution in [2.24, 2.45) is 5.41 Å². The normalized spacial score (nSPS) is 14.3. The van der Waals surface area contributed by atoms with Crippen molar-refractivity contribution in [3.8, 4) is 11.1 Å². The molecule has 0 atom stereocenters. The molecule has 2 aromatic carbocycles. The second-order valence-electron chi connectivity index (χ2n) is 11.1. The Morgan fingerprint density at radius 3 is 2.09 bits per heavy atom. The van der Waals surface area contributed by atoms with E-state index in [0.29, 0.717) is 39.9 Å². The van der Waals surface area contributed by atoms with E-state index in [0.717, 1.165) is 36.9 Å². The summed E-state index contributed by atoms with van der Waals surface area (Å²) in [5.41, 5.74) is 5.06. The highest BCUT2D eigenvalue weighted by molar-refractivity contribution is 6.17. The lowest BCUT2D eigenvalue weighted by molar-refractivity contribution is 0.0939. The second kappa shape index (κ2) is 9.85. The van der Waals surface area contributed by atoms with Crippen LogP contribution in [0.5, 0.6) is 0 Å². The molecule has 0 spiro atoms. The molecule has 0 saturated heterocycles. The fraction of sp³-hybridized carbons (Fsp3) is 0.387. The molecule has 0 unspecified atom stereocenters. The number of rotatable bonds is 6. The Morgan fingerprint density at radius 2 is 1.51 bits per heavy atom. The predicted octanol–water partition coefficient (Wildman–Crippen LogP) is 8.01. The molecular weight excluding hydrogens is 437 g/mol. The van der Waals surface area contributed by atoms with Crippen LogP contribution in [0.15, 0.2) is 48.5 Å². The van der Waals surface area contributed by atoms with Gasteiger partial charge in [0.25, 0.3) is 0 Å². The van der Waals surface area contributed by atoms with Gasteiger partial charge in [-0.15, -0.1) is 0 Å². The van der Waals surface area contributed by atoms with Gasteiger partial charge in [-0.25, -0.2) is 4.39 Å². The summed E-state index contributed by atoms with van der Waals surface area (Å²) >= 11 is 0. The molecule has 3 nitrogen and oxygen atoms in total. The van der Waals surface area contributed by atoms with Gasteiger partial charge in [-0.3, -0.25) is 14.6 Å². The summed E-state index contributed by atoms with van der Waals surface area (Å²) in [4.78, 5) is 32.8. The van der Waals surface area contributed by atoms with E-state index in [1.807, 2.05) is 58.9 Å². The van der Waals surface area contributed by atoms with Crippen molar-refractivity contribution in [1.29, 1.82) is 0 Å². The number of hydrogen-bond donors (Lipinski definition) is 0. The molecular formula is C31H34FNO2. The first kappa shape index (κ1) is 25.0. The standard InChI is InChI=1S/C31H34FNO2/c1-19-10-12-23(13-11-19)30(35)28-27(21-14-16-24(32)17-15-21)26(25(34)18-31(3,4)5)20(2)33-29(28)22-8-6-7-9-22/h10-17,22H,6-9,18H2,1-5H3. The van der Waals surface area contributed by atoms with E-state index in [9.17, 15) is 14.0 Å². The Labute approximate surface area is 207 Å². The molecule has 3 aromatic rings. The van der Waals surface area contributed by atoms with Crippen LogP contribution in [-0.4, -0.2) is 16.6 Å². The molecule has 0 radical (unpaired) electrons. The van der Waals surface area contributed by atoms with Crippen molar-refractivity contribution in [2.45, 2.75) is 72.6 Å². The minimum Gasteiger partial charge on any atom is -0.294 e. The van der Waals surface area contributed by atoms with E-state index < -0.39 is 0 Å². The summed E-state index contributed by atoms with van der Waals surface area (Å²) < 4.78 is 13.9. The Balaban J connectivity index is 2.05. The number of Topliss-reactive ketones (excluding diaryl/α,β-unsaturated/α-hetero) is 1. The van der Waals surface area contributed by atoms with Gasteiger partial charge in [0, 0.05) is 34.7 Å². The molecule has 1 saturated carbocycles. The van der Waals surface area contributed by atoms with Crippen molar-refractivity contribution >= 4 is 11.6 Å². The highest BCUT2D eigenvalue weighted by atomic mass is 19.1. The Kier molecular flexibility index (Phi) is 7.02. The average molecular weight is 472 g/mol. The number of pyridine rings is 1. The number of carbonyl (C=O) groups excluding carboxylic acids is 2. The van der Waals surface area contributed by atoms with Gasteiger partial charge in [-0.2, -0.15) is 0 Å². The minimum atomic E-state index is -0.357. The first-order valence-corrected chi connectivity index (χ1v) is 12.5. The van der Waals surface area contributed by atoms with Gasteiger partial charge in [0.1, 0.15) is 5.82 Å². The molecule has 182 valence electrons. The summed E-state index contributed by atoms with van der Waals surface area (Å²) in [7, 11) is 0. The molecule has 1 aliphatic carbocycles. The zero-order valence-corrected chi connectivity index (χ0v) is 21.4. The molecule has 35 heavy (non-hydrogen) atoms. The van der Waals surface area contributed by atoms with E-state index >= 15 is 0 Å². The van der Waals surface area contributed by atoms with Crippen LogP contribution in [0.25, 0.3) is 11.1 Å². The molecule has 1 aliphatic rings. The van der Waals surface area contributed by atoms with Crippen molar-refractivity contribution < 1.29 is 14.0 Å². The van der Waals surface area contributed by atoms with Crippen LogP contribution in [0, 0.1) is 25.1 Å². The van der Waals surface area contributed by atoms with Gasteiger partial charge in [0.2, 0.25) is 0 Å². The molecule has 1 fully saturated rings. The smallest absolute Gasteiger partial charge is 0.195 e. The lowest BCUT2D eigenvalue weighted by Crippen LogP contribution is -2.20. The maximum atomic E-state index is 14.1. The zero-order valence-electron chi connectivity index (χ0n) is 21.4. The van der Waals surface area contributed by atoms with Crippen molar-refractivity contribution in [1.82, 2.24) is 4.98 Å². The molecule has 0 amide bonds. The highest BCUT2D eigenvalue weighted by Gasteiger charge is 2.33. The van der Waals surface area contributed by atoms with Crippen LogP contribution >= 0.6 is 0 Å². The van der Waals surface area contributed by atoms with E-state index in [4.69, 9.17) is 4.98 Å². The number of aryl methyl sites for hydroxylation is 2. The van der Waals surface area contributed by atoms with E-state index in [2.05, 4.69) is 0 Å². The predicted molar refractivity (Wildman–Crippen MR) is 139 cm³/mol. The maximum absolute atomic E-state index is 14.1. The molecule has 0 aliphatic heterocycles. The first-order valence-electron chi connectivity index (χ1n) is 12.5. The Bertz CT molecular complexity index is 1250. The number of hydrogen-bond acceptors (Lipinski definition) is 3. The lowest BCUT2D eigenvalue weighted by Gasteiger charge is -2.24. The molecule has 1 aromatic heterocycles. The van der Waals surface area contributed by atoms with Crippen LogP contribution < -0.4 is 0 Å². The summed E-state index contributed by atoms with van der Waals surface area (Å²) in [5.74, 6) is -0.366. The number of benzene rings is 2. The first-order chi connectivity index (χ1) is 16.5. The summed E-state index contributed by atoms with van der Waals surface area (Å²) in [5, 5.41) is 0. The SMILES string of the molecule is Cc1ccc(C(=O)c2c(C3CCCC3)nc(C)c(C(=O)CC(C)(C)C)c2-c2ccc(F)cc2)cc1. The largest absolute Gasteiger partial charge is 0.294 e. The highest BCUT2D eigenvalue weighted by Crippen LogP contribution is 2.42. The van der Waals surface area contributed by atoms with E-state index in [1.165, 1.54) is 12.1 Å². The molecule has 4 rings (SSSR count). The lowest BCUT2D eigenvalue weighted by atomic mass is 9.80. The third-order valence-corrected chi connectivity index (χ3v) is 6.79. The van der Waals surface area contributed by atoms with Crippen molar-refractivity contribution in [2.75, 3.05) is 0 Å². The monoisotopic (exact) mass is 471 g/mol. The van der Waals surface area contributed by atoms with E-state index in [1.54, 1.807) is 12.1 Å². The average Bonchev–Trinajstić information content (AvgIpc) is 3.32. The second-order valence-corrected chi connectivity index (χ2v) is 11.1. The number of carbonyl (C=O) groups is 2. The molecule has 1 heterocycles. The minimum absolute atomic E-state index is 0.0437. The third-order valence-electron chi connectivity index (χ3n) is 6.79. The number of aromatic nitrogens is 1. The molecule has 0 bridgehead atoms. The van der Waals surface area contributed by atoms with Gasteiger partial charge >= 0.3 is 0 Å². The molecule has 4 heteroatoms. The van der Waals surface area contributed by atoms with Crippen LogP contribution in [0.2, 0.25) is 0 Å². The molecule has 0 N–H and O–H groups in total. The number of halogens is 1. The van der Waals surface area contributed by atoms with Crippen LogP contribution in [0.1, 0.15) is 102 Å². The van der Waals surface area contributed by atoms with Crippen molar-refractivity contribution in [3.05, 3.63) is 88.0 Å². The fourth-order valence-corrected chi connectivity index (χ4v) is 5.12. The fourth-order valence-electron chi connectivity index (χ4n) is 5.12. The Hall–Kier alpha value is -3.14. The maximum Gasteiger partial charge on any atom is 0.195 e. The van der Waals surface area contributed by atoms with Crippen LogP contribution in [-0.2, 0) is 0 Å². The van der Waals surface area contributed by atoms with Gasteiger partial charge in [0.15, 0.2) is 11.6 Å². The summed E-state index contributed by atoms with van der Waals surface area (Å²) in [6.45, 7) is 9.92. The quantitative estimate of drug-likeness (QED) is 0.342.